The van der Waals surface area contributed by atoms with Crippen LogP contribution in [0, 0.1) is 27.7 Å². The maximum Gasteiger partial charge on any atom is 0.244 e. The van der Waals surface area contributed by atoms with Crippen LogP contribution in [-0.4, -0.2) is 24.7 Å². The normalized spacial score (nSPS) is 12.6. The van der Waals surface area contributed by atoms with E-state index in [1.807, 2.05) is 27.7 Å². The van der Waals surface area contributed by atoms with E-state index in [0.29, 0.717) is 29.2 Å². The van der Waals surface area contributed by atoms with Crippen molar-refractivity contribution in [1.82, 2.24) is 14.5 Å². The molecule has 1 heterocycles. The third kappa shape index (κ3) is 4.30. The summed E-state index contributed by atoms with van der Waals surface area (Å²) in [6, 6.07) is 6.23. The molecule has 0 atom stereocenters. The number of hydrogen-bond acceptors (Lipinski definition) is 3. The van der Waals surface area contributed by atoms with Gasteiger partial charge in [-0.1, -0.05) is 23.8 Å². The van der Waals surface area contributed by atoms with Crippen LogP contribution in [0.5, 0.6) is 0 Å². The first-order chi connectivity index (χ1) is 11.4. The van der Waals surface area contributed by atoms with Crippen LogP contribution in [0.15, 0.2) is 23.1 Å². The number of aromatic nitrogens is 2. The topological polar surface area (TPSA) is 64.0 Å². The number of hydrogen-bond donors (Lipinski definition) is 1. The summed E-state index contributed by atoms with van der Waals surface area (Å²) in [5.41, 5.74) is 4.50. The highest BCUT2D eigenvalue weighted by molar-refractivity contribution is 7.89. The van der Waals surface area contributed by atoms with Crippen molar-refractivity contribution >= 4 is 10.0 Å². The summed E-state index contributed by atoms with van der Waals surface area (Å²) < 4.78 is 30.1. The van der Waals surface area contributed by atoms with Crippen LogP contribution in [0.2, 0.25) is 0 Å². The van der Waals surface area contributed by atoms with E-state index in [1.54, 1.807) is 11.6 Å². The lowest BCUT2D eigenvalue weighted by molar-refractivity contribution is 0.345. The quantitative estimate of drug-likeness (QED) is 0.885. The predicted octanol–water partition coefficient (Wildman–Crippen LogP) is 3.39. The summed E-state index contributed by atoms with van der Waals surface area (Å²) >= 11 is 0. The molecule has 0 spiro atoms. The highest BCUT2D eigenvalue weighted by Gasteiger charge is 2.28. The van der Waals surface area contributed by atoms with Crippen LogP contribution >= 0.6 is 0 Å². The largest absolute Gasteiger partial charge is 0.263 e. The Kier molecular flexibility index (Phi) is 5.44. The van der Waals surface area contributed by atoms with Gasteiger partial charge in [0.1, 0.15) is 4.90 Å². The number of aryl methyl sites for hydroxylation is 3. The molecule has 1 aromatic carbocycles. The molecule has 25 heavy (non-hydrogen) atoms. The Labute approximate surface area is 151 Å². The number of sulfonamides is 1. The summed E-state index contributed by atoms with van der Waals surface area (Å²) in [7, 11) is -3.59. The van der Waals surface area contributed by atoms with E-state index in [2.05, 4.69) is 41.9 Å². The monoisotopic (exact) mass is 363 g/mol. The van der Waals surface area contributed by atoms with Crippen molar-refractivity contribution in [2.75, 3.05) is 6.54 Å². The molecule has 2 aromatic rings. The molecule has 0 aliphatic rings. The first-order valence-corrected chi connectivity index (χ1v) is 10.0. The van der Waals surface area contributed by atoms with Gasteiger partial charge in [0.25, 0.3) is 0 Å². The van der Waals surface area contributed by atoms with Crippen LogP contribution in [-0.2, 0) is 22.0 Å². The van der Waals surface area contributed by atoms with Crippen LogP contribution in [0.25, 0.3) is 0 Å². The number of rotatable bonds is 5. The summed E-state index contributed by atoms with van der Waals surface area (Å²) in [5, 5.41) is 4.44. The standard InChI is InChI=1S/C19H29N3O2S/c1-13-8-9-17(14(2)12-13)10-11-20-25(23,24)18-15(3)21-22(16(18)4)19(5,6)7/h8-9,12,20H,10-11H2,1-7H3. The minimum atomic E-state index is -3.59. The smallest absolute Gasteiger partial charge is 0.244 e. The van der Waals surface area contributed by atoms with Gasteiger partial charge in [-0.3, -0.25) is 4.68 Å². The van der Waals surface area contributed by atoms with Gasteiger partial charge >= 0.3 is 0 Å². The zero-order chi connectivity index (χ0) is 19.0. The Balaban J connectivity index is 2.19. The molecule has 2 rings (SSSR count). The van der Waals surface area contributed by atoms with Gasteiger partial charge in [-0.2, -0.15) is 5.10 Å². The van der Waals surface area contributed by atoms with Gasteiger partial charge in [-0.15, -0.1) is 0 Å². The summed E-state index contributed by atoms with van der Waals surface area (Å²) in [5.74, 6) is 0. The average molecular weight is 364 g/mol. The molecule has 0 saturated carbocycles. The van der Waals surface area contributed by atoms with E-state index in [-0.39, 0.29) is 5.54 Å². The van der Waals surface area contributed by atoms with Crippen molar-refractivity contribution in [2.24, 2.45) is 0 Å². The Morgan fingerprint density at radius 1 is 1.12 bits per heavy atom. The summed E-state index contributed by atoms with van der Waals surface area (Å²) in [6.07, 6.45) is 0.664. The van der Waals surface area contributed by atoms with E-state index in [1.165, 1.54) is 11.1 Å². The van der Waals surface area contributed by atoms with E-state index in [0.717, 1.165) is 5.56 Å². The van der Waals surface area contributed by atoms with Crippen molar-refractivity contribution in [3.8, 4) is 0 Å². The molecule has 0 saturated heterocycles. The van der Waals surface area contributed by atoms with Crippen molar-refractivity contribution < 1.29 is 8.42 Å². The van der Waals surface area contributed by atoms with Gasteiger partial charge in [0.15, 0.2) is 0 Å². The molecular formula is C19H29N3O2S. The lowest BCUT2D eigenvalue weighted by Crippen LogP contribution is -2.28. The van der Waals surface area contributed by atoms with E-state index < -0.39 is 10.0 Å². The van der Waals surface area contributed by atoms with Gasteiger partial charge in [0.2, 0.25) is 10.0 Å². The molecule has 0 fully saturated rings. The Hall–Kier alpha value is -1.66. The molecule has 5 nitrogen and oxygen atoms in total. The molecule has 0 unspecified atom stereocenters. The first-order valence-electron chi connectivity index (χ1n) is 8.56. The fraction of sp³-hybridized carbons (Fsp3) is 0.526. The van der Waals surface area contributed by atoms with Crippen molar-refractivity contribution in [2.45, 2.75) is 65.3 Å². The summed E-state index contributed by atoms with van der Waals surface area (Å²) in [6.45, 7) is 14.1. The molecule has 0 amide bonds. The molecule has 0 radical (unpaired) electrons. The molecule has 1 N–H and O–H groups in total. The predicted molar refractivity (Wildman–Crippen MR) is 102 cm³/mol. The van der Waals surface area contributed by atoms with Gasteiger partial charge in [0.05, 0.1) is 16.9 Å². The zero-order valence-electron chi connectivity index (χ0n) is 16.3. The maximum atomic E-state index is 12.8. The van der Waals surface area contributed by atoms with Gasteiger partial charge in [-0.25, -0.2) is 13.1 Å². The van der Waals surface area contributed by atoms with Crippen molar-refractivity contribution in [1.29, 1.82) is 0 Å². The second kappa shape index (κ2) is 6.92. The summed E-state index contributed by atoms with van der Waals surface area (Å²) in [4.78, 5) is 0.294. The van der Waals surface area contributed by atoms with Gasteiger partial charge in [0, 0.05) is 6.54 Å². The van der Waals surface area contributed by atoms with Crippen molar-refractivity contribution in [3.63, 3.8) is 0 Å². The third-order valence-electron chi connectivity index (χ3n) is 4.31. The molecule has 1 aromatic heterocycles. The Bertz CT molecular complexity index is 875. The lowest BCUT2D eigenvalue weighted by Gasteiger charge is -2.21. The molecule has 0 aliphatic carbocycles. The van der Waals surface area contributed by atoms with E-state index in [9.17, 15) is 8.42 Å². The molecule has 6 heteroatoms. The number of nitrogens with zero attached hydrogens (tertiary/aromatic N) is 2. The minimum absolute atomic E-state index is 0.262. The van der Waals surface area contributed by atoms with Crippen molar-refractivity contribution in [3.05, 3.63) is 46.3 Å². The van der Waals surface area contributed by atoms with E-state index >= 15 is 0 Å². The molecule has 0 bridgehead atoms. The number of nitrogens with one attached hydrogen (secondary N) is 1. The Morgan fingerprint density at radius 2 is 1.76 bits per heavy atom. The average Bonchev–Trinajstić information content (AvgIpc) is 2.77. The number of benzene rings is 1. The third-order valence-corrected chi connectivity index (χ3v) is 6.03. The first kappa shape index (κ1) is 19.7. The fourth-order valence-corrected chi connectivity index (χ4v) is 4.61. The van der Waals surface area contributed by atoms with Crippen LogP contribution in [0.3, 0.4) is 0 Å². The van der Waals surface area contributed by atoms with Crippen LogP contribution in [0.4, 0.5) is 0 Å². The van der Waals surface area contributed by atoms with Gasteiger partial charge < -0.3 is 0 Å². The van der Waals surface area contributed by atoms with Crippen LogP contribution in [0.1, 0.15) is 48.8 Å². The molecular weight excluding hydrogens is 334 g/mol. The SMILES string of the molecule is Cc1ccc(CCNS(=O)(=O)c2c(C)nn(C(C)(C)C)c2C)c(C)c1. The highest BCUT2D eigenvalue weighted by atomic mass is 32.2. The zero-order valence-corrected chi connectivity index (χ0v) is 17.1. The second-order valence-electron chi connectivity index (χ2n) is 7.66. The van der Waals surface area contributed by atoms with E-state index in [4.69, 9.17) is 0 Å². The second-order valence-corrected chi connectivity index (χ2v) is 9.36. The Morgan fingerprint density at radius 3 is 2.28 bits per heavy atom. The minimum Gasteiger partial charge on any atom is -0.263 e. The maximum absolute atomic E-state index is 12.8. The highest BCUT2D eigenvalue weighted by Crippen LogP contribution is 2.24. The van der Waals surface area contributed by atoms with Gasteiger partial charge in [-0.05, 0) is 66.0 Å². The molecule has 0 aliphatic heterocycles. The lowest BCUT2D eigenvalue weighted by atomic mass is 10.0. The molecule has 138 valence electrons. The van der Waals surface area contributed by atoms with Crippen LogP contribution < -0.4 is 4.72 Å². The fourth-order valence-electron chi connectivity index (χ4n) is 3.19.